The van der Waals surface area contributed by atoms with Crippen LogP contribution in [0.5, 0.6) is 0 Å². The molecule has 3 rings (SSSR count). The summed E-state index contributed by atoms with van der Waals surface area (Å²) in [5, 5.41) is 2.84. The number of carbonyl (C=O) groups excluding carboxylic acids is 2. The SMILES string of the molecule is CN(C(=O)NCc1ccncc1)[C@@H]1CCN(c2ccccc2)C1=O. The fourth-order valence-corrected chi connectivity index (χ4v) is 2.83. The summed E-state index contributed by atoms with van der Waals surface area (Å²) in [7, 11) is 1.67. The molecule has 0 unspecified atom stereocenters. The number of nitrogens with zero attached hydrogens (tertiary/aromatic N) is 3. The Hall–Kier alpha value is -2.89. The number of pyridine rings is 1. The van der Waals surface area contributed by atoms with E-state index in [1.807, 2.05) is 42.5 Å². The van der Waals surface area contributed by atoms with E-state index in [0.29, 0.717) is 19.5 Å². The lowest BCUT2D eigenvalue weighted by atomic mass is 10.2. The minimum absolute atomic E-state index is 0.0391. The highest BCUT2D eigenvalue weighted by Crippen LogP contribution is 2.23. The van der Waals surface area contributed by atoms with E-state index in [0.717, 1.165) is 11.3 Å². The molecule has 1 fully saturated rings. The second-order valence-corrected chi connectivity index (χ2v) is 5.75. The average molecular weight is 324 g/mol. The van der Waals surface area contributed by atoms with E-state index in [-0.39, 0.29) is 11.9 Å². The van der Waals surface area contributed by atoms with Crippen LogP contribution >= 0.6 is 0 Å². The molecule has 0 bridgehead atoms. The quantitative estimate of drug-likeness (QED) is 0.936. The van der Waals surface area contributed by atoms with Crippen LogP contribution in [0.4, 0.5) is 10.5 Å². The van der Waals surface area contributed by atoms with Crippen LogP contribution in [-0.2, 0) is 11.3 Å². The highest BCUT2D eigenvalue weighted by atomic mass is 16.2. The first-order valence-electron chi connectivity index (χ1n) is 7.93. The van der Waals surface area contributed by atoms with Gasteiger partial charge < -0.3 is 15.1 Å². The van der Waals surface area contributed by atoms with Crippen LogP contribution in [0.15, 0.2) is 54.9 Å². The molecule has 0 aliphatic carbocycles. The first kappa shape index (κ1) is 16.0. The molecule has 1 aromatic heterocycles. The molecule has 1 atom stereocenters. The van der Waals surface area contributed by atoms with Crippen molar-refractivity contribution in [1.82, 2.24) is 15.2 Å². The van der Waals surface area contributed by atoms with Crippen molar-refractivity contribution in [3.05, 3.63) is 60.4 Å². The summed E-state index contributed by atoms with van der Waals surface area (Å²) in [5.41, 5.74) is 1.84. The second kappa shape index (κ2) is 7.12. The van der Waals surface area contributed by atoms with Crippen LogP contribution in [0, 0.1) is 0 Å². The van der Waals surface area contributed by atoms with E-state index in [9.17, 15) is 9.59 Å². The maximum atomic E-state index is 12.6. The van der Waals surface area contributed by atoms with E-state index in [4.69, 9.17) is 0 Å². The fraction of sp³-hybridized carbons (Fsp3) is 0.278. The third kappa shape index (κ3) is 3.37. The minimum Gasteiger partial charge on any atom is -0.334 e. The molecule has 24 heavy (non-hydrogen) atoms. The third-order valence-corrected chi connectivity index (χ3v) is 4.23. The van der Waals surface area contributed by atoms with E-state index in [1.165, 1.54) is 4.90 Å². The van der Waals surface area contributed by atoms with Crippen molar-refractivity contribution >= 4 is 17.6 Å². The number of amides is 3. The average Bonchev–Trinajstić information content (AvgIpc) is 3.02. The molecule has 1 aliphatic heterocycles. The summed E-state index contributed by atoms with van der Waals surface area (Å²) >= 11 is 0. The maximum Gasteiger partial charge on any atom is 0.318 e. The zero-order chi connectivity index (χ0) is 16.9. The molecule has 1 saturated heterocycles. The molecular weight excluding hydrogens is 304 g/mol. The Balaban J connectivity index is 1.60. The highest BCUT2D eigenvalue weighted by molar-refractivity contribution is 6.01. The number of carbonyl (C=O) groups is 2. The van der Waals surface area contributed by atoms with Gasteiger partial charge >= 0.3 is 6.03 Å². The van der Waals surface area contributed by atoms with Crippen molar-refractivity contribution in [3.63, 3.8) is 0 Å². The van der Waals surface area contributed by atoms with Gasteiger partial charge in [-0.25, -0.2) is 4.79 Å². The molecule has 1 N–H and O–H groups in total. The topological polar surface area (TPSA) is 65.5 Å². The van der Waals surface area contributed by atoms with Gasteiger partial charge in [0.05, 0.1) is 0 Å². The zero-order valence-corrected chi connectivity index (χ0v) is 13.6. The molecule has 0 radical (unpaired) electrons. The molecular formula is C18H20N4O2. The summed E-state index contributed by atoms with van der Waals surface area (Å²) < 4.78 is 0. The number of hydrogen-bond acceptors (Lipinski definition) is 3. The number of rotatable bonds is 4. The van der Waals surface area contributed by atoms with Gasteiger partial charge in [-0.15, -0.1) is 0 Å². The van der Waals surface area contributed by atoms with Crippen LogP contribution < -0.4 is 10.2 Å². The third-order valence-electron chi connectivity index (χ3n) is 4.23. The van der Waals surface area contributed by atoms with Crippen LogP contribution in [0.2, 0.25) is 0 Å². The molecule has 6 heteroatoms. The van der Waals surface area contributed by atoms with Crippen LogP contribution in [0.3, 0.4) is 0 Å². The minimum atomic E-state index is -0.428. The van der Waals surface area contributed by atoms with E-state index in [1.54, 1.807) is 24.3 Å². The smallest absolute Gasteiger partial charge is 0.318 e. The Morgan fingerprint density at radius 3 is 2.67 bits per heavy atom. The van der Waals surface area contributed by atoms with Crippen LogP contribution in [0.1, 0.15) is 12.0 Å². The van der Waals surface area contributed by atoms with Crippen molar-refractivity contribution in [2.24, 2.45) is 0 Å². The number of para-hydroxylation sites is 1. The first-order chi connectivity index (χ1) is 11.7. The predicted molar refractivity (Wildman–Crippen MR) is 91.4 cm³/mol. The van der Waals surface area contributed by atoms with Gasteiger partial charge in [0.25, 0.3) is 0 Å². The lowest BCUT2D eigenvalue weighted by Gasteiger charge is -2.24. The van der Waals surface area contributed by atoms with Crippen molar-refractivity contribution in [1.29, 1.82) is 0 Å². The standard InChI is InChI=1S/C18H20N4O2/c1-21(18(24)20-13-14-7-10-19-11-8-14)16-9-12-22(17(16)23)15-5-3-2-4-6-15/h2-8,10-11,16H,9,12-13H2,1H3,(H,20,24)/t16-/m1/s1. The van der Waals surface area contributed by atoms with E-state index >= 15 is 0 Å². The zero-order valence-electron chi connectivity index (χ0n) is 13.6. The largest absolute Gasteiger partial charge is 0.334 e. The van der Waals surface area contributed by atoms with Crippen molar-refractivity contribution in [3.8, 4) is 0 Å². The summed E-state index contributed by atoms with van der Waals surface area (Å²) in [6.07, 6.45) is 4.00. The molecule has 1 aromatic carbocycles. The van der Waals surface area contributed by atoms with Gasteiger partial charge in [-0.2, -0.15) is 0 Å². The van der Waals surface area contributed by atoms with E-state index in [2.05, 4.69) is 10.3 Å². The molecule has 6 nitrogen and oxygen atoms in total. The summed E-state index contributed by atoms with van der Waals surface area (Å²) in [6.45, 7) is 1.03. The molecule has 3 amide bonds. The number of hydrogen-bond donors (Lipinski definition) is 1. The monoisotopic (exact) mass is 324 g/mol. The van der Waals surface area contributed by atoms with Gasteiger partial charge in [-0.1, -0.05) is 18.2 Å². The number of aromatic nitrogens is 1. The van der Waals surface area contributed by atoms with Gasteiger partial charge in [0, 0.05) is 38.2 Å². The Labute approximate surface area is 141 Å². The normalized spacial score (nSPS) is 17.0. The van der Waals surface area contributed by atoms with Crippen molar-refractivity contribution < 1.29 is 9.59 Å². The molecule has 0 saturated carbocycles. The Kier molecular flexibility index (Phi) is 4.74. The van der Waals surface area contributed by atoms with Crippen LogP contribution in [-0.4, -0.2) is 41.5 Å². The molecule has 124 valence electrons. The van der Waals surface area contributed by atoms with Gasteiger partial charge in [0.15, 0.2) is 0 Å². The lowest BCUT2D eigenvalue weighted by Crippen LogP contribution is -2.47. The van der Waals surface area contributed by atoms with Gasteiger partial charge in [0.2, 0.25) is 5.91 Å². The summed E-state index contributed by atoms with van der Waals surface area (Å²) in [5.74, 6) is -0.0391. The molecule has 2 heterocycles. The number of nitrogens with one attached hydrogen (secondary N) is 1. The highest BCUT2D eigenvalue weighted by Gasteiger charge is 2.37. The summed E-state index contributed by atoms with van der Waals surface area (Å²) in [4.78, 5) is 32.1. The Morgan fingerprint density at radius 1 is 1.25 bits per heavy atom. The van der Waals surface area contributed by atoms with E-state index < -0.39 is 6.04 Å². The second-order valence-electron chi connectivity index (χ2n) is 5.75. The summed E-state index contributed by atoms with van der Waals surface area (Å²) in [6, 6.07) is 12.6. The van der Waals surface area contributed by atoms with Gasteiger partial charge in [0.1, 0.15) is 6.04 Å². The first-order valence-corrected chi connectivity index (χ1v) is 7.93. The number of anilines is 1. The number of likely N-dealkylation sites (N-methyl/N-ethyl adjacent to an activating group) is 1. The van der Waals surface area contributed by atoms with Crippen molar-refractivity contribution in [2.75, 3.05) is 18.5 Å². The molecule has 1 aliphatic rings. The van der Waals surface area contributed by atoms with Crippen LogP contribution in [0.25, 0.3) is 0 Å². The molecule has 0 spiro atoms. The predicted octanol–water partition coefficient (Wildman–Crippen LogP) is 2.03. The number of urea groups is 1. The van der Waals surface area contributed by atoms with Crippen molar-refractivity contribution in [2.45, 2.75) is 19.0 Å². The Morgan fingerprint density at radius 2 is 1.96 bits per heavy atom. The lowest BCUT2D eigenvalue weighted by molar-refractivity contribution is -0.120. The fourth-order valence-electron chi connectivity index (χ4n) is 2.83. The maximum absolute atomic E-state index is 12.6. The van der Waals surface area contributed by atoms with Gasteiger partial charge in [-0.05, 0) is 36.2 Å². The number of benzene rings is 1. The molecule has 2 aromatic rings. The Bertz CT molecular complexity index is 705. The van der Waals surface area contributed by atoms with Gasteiger partial charge in [-0.3, -0.25) is 9.78 Å².